The number of nitrogens with one attached hydrogen (secondary N) is 1. The SMILES string of the molecule is O=C(Cn1cc(Br)cn1)Nc1cnn(Cc2cccc(C(F)(F)F)c2)c1. The van der Waals surface area contributed by atoms with Gasteiger partial charge in [-0.25, -0.2) is 0 Å². The Morgan fingerprint density at radius 3 is 2.62 bits per heavy atom. The van der Waals surface area contributed by atoms with Crippen LogP contribution >= 0.6 is 15.9 Å². The van der Waals surface area contributed by atoms with Crippen molar-refractivity contribution in [1.29, 1.82) is 0 Å². The first kappa shape index (κ1) is 18.2. The molecule has 0 aliphatic rings. The molecule has 0 saturated carbocycles. The molecule has 0 bridgehead atoms. The lowest BCUT2D eigenvalue weighted by molar-refractivity contribution is -0.137. The average Bonchev–Trinajstić information content (AvgIpc) is 3.16. The van der Waals surface area contributed by atoms with E-state index in [0.717, 1.165) is 16.6 Å². The van der Waals surface area contributed by atoms with Gasteiger partial charge < -0.3 is 5.32 Å². The summed E-state index contributed by atoms with van der Waals surface area (Å²) in [5.41, 5.74) is 0.205. The van der Waals surface area contributed by atoms with E-state index in [1.165, 1.54) is 21.6 Å². The molecule has 0 unspecified atom stereocenters. The van der Waals surface area contributed by atoms with Crippen molar-refractivity contribution in [2.45, 2.75) is 19.3 Å². The summed E-state index contributed by atoms with van der Waals surface area (Å²) in [5, 5.41) is 10.7. The average molecular weight is 428 g/mol. The summed E-state index contributed by atoms with van der Waals surface area (Å²) in [4.78, 5) is 12.0. The lowest BCUT2D eigenvalue weighted by Crippen LogP contribution is -2.18. The molecule has 1 aromatic carbocycles. The van der Waals surface area contributed by atoms with Crippen molar-refractivity contribution in [1.82, 2.24) is 19.6 Å². The highest BCUT2D eigenvalue weighted by atomic mass is 79.9. The first-order valence-corrected chi connectivity index (χ1v) is 8.25. The summed E-state index contributed by atoms with van der Waals surface area (Å²) in [7, 11) is 0. The van der Waals surface area contributed by atoms with Gasteiger partial charge in [0.25, 0.3) is 0 Å². The zero-order valence-corrected chi connectivity index (χ0v) is 14.8. The molecular formula is C16H13BrF3N5O. The molecule has 1 amide bonds. The van der Waals surface area contributed by atoms with E-state index >= 15 is 0 Å². The standard InChI is InChI=1S/C16H13BrF3N5O/c17-13-5-21-25(8-13)10-15(26)23-14-6-22-24(9-14)7-11-2-1-3-12(4-11)16(18,19)20/h1-6,8-9H,7,10H2,(H,23,26). The van der Waals surface area contributed by atoms with Crippen molar-refractivity contribution in [2.75, 3.05) is 5.32 Å². The zero-order valence-electron chi connectivity index (χ0n) is 13.2. The maximum Gasteiger partial charge on any atom is 0.416 e. The summed E-state index contributed by atoms with van der Waals surface area (Å²) in [5.74, 6) is -0.292. The van der Waals surface area contributed by atoms with Gasteiger partial charge in [-0.2, -0.15) is 23.4 Å². The minimum atomic E-state index is -4.39. The summed E-state index contributed by atoms with van der Waals surface area (Å²) < 4.78 is 41.9. The van der Waals surface area contributed by atoms with Gasteiger partial charge in [-0.15, -0.1) is 0 Å². The van der Waals surface area contributed by atoms with Gasteiger partial charge in [0.05, 0.1) is 34.7 Å². The van der Waals surface area contributed by atoms with Crippen LogP contribution in [0.25, 0.3) is 0 Å². The normalized spacial score (nSPS) is 11.5. The lowest BCUT2D eigenvalue weighted by atomic mass is 10.1. The summed E-state index contributed by atoms with van der Waals surface area (Å²) in [6, 6.07) is 5.04. The van der Waals surface area contributed by atoms with E-state index in [2.05, 4.69) is 31.4 Å². The van der Waals surface area contributed by atoms with E-state index in [-0.39, 0.29) is 19.0 Å². The number of benzene rings is 1. The summed E-state index contributed by atoms with van der Waals surface area (Å²) in [6.45, 7) is 0.191. The second kappa shape index (κ2) is 7.32. The van der Waals surface area contributed by atoms with Crippen molar-refractivity contribution >= 4 is 27.5 Å². The monoisotopic (exact) mass is 427 g/mol. The quantitative estimate of drug-likeness (QED) is 0.676. The first-order valence-electron chi connectivity index (χ1n) is 7.46. The van der Waals surface area contributed by atoms with Gasteiger partial charge in [-0.1, -0.05) is 12.1 Å². The van der Waals surface area contributed by atoms with Gasteiger partial charge in [-0.3, -0.25) is 14.2 Å². The van der Waals surface area contributed by atoms with Crippen LogP contribution in [0, 0.1) is 0 Å². The second-order valence-corrected chi connectivity index (χ2v) is 6.44. The number of anilines is 1. The van der Waals surface area contributed by atoms with Crippen LogP contribution in [0.5, 0.6) is 0 Å². The van der Waals surface area contributed by atoms with Gasteiger partial charge in [0, 0.05) is 12.4 Å². The number of aromatic nitrogens is 4. The lowest BCUT2D eigenvalue weighted by Gasteiger charge is -2.08. The number of rotatable bonds is 5. The molecule has 136 valence electrons. The summed E-state index contributed by atoms with van der Waals surface area (Å²) in [6.07, 6.45) is 1.83. The third-order valence-electron chi connectivity index (χ3n) is 3.42. The van der Waals surface area contributed by atoms with Gasteiger partial charge >= 0.3 is 6.18 Å². The van der Waals surface area contributed by atoms with Crippen LogP contribution in [0.1, 0.15) is 11.1 Å². The number of hydrogen-bond acceptors (Lipinski definition) is 3. The van der Waals surface area contributed by atoms with Crippen LogP contribution < -0.4 is 5.32 Å². The highest BCUT2D eigenvalue weighted by Gasteiger charge is 2.30. The Morgan fingerprint density at radius 1 is 1.15 bits per heavy atom. The van der Waals surface area contributed by atoms with Crippen LogP contribution in [-0.4, -0.2) is 25.5 Å². The van der Waals surface area contributed by atoms with Crippen molar-refractivity contribution in [3.63, 3.8) is 0 Å². The molecule has 0 aliphatic heterocycles. The summed E-state index contributed by atoms with van der Waals surface area (Å²) >= 11 is 3.24. The predicted octanol–water partition coefficient (Wildman–Crippen LogP) is 3.55. The number of hydrogen-bond donors (Lipinski definition) is 1. The largest absolute Gasteiger partial charge is 0.416 e. The molecule has 1 N–H and O–H groups in total. The Morgan fingerprint density at radius 2 is 1.92 bits per heavy atom. The minimum absolute atomic E-state index is 0.0322. The van der Waals surface area contributed by atoms with E-state index < -0.39 is 11.7 Å². The maximum atomic E-state index is 12.8. The fraction of sp³-hybridized carbons (Fsp3) is 0.188. The molecule has 2 aromatic heterocycles. The Bertz CT molecular complexity index is 919. The van der Waals surface area contributed by atoms with E-state index in [1.54, 1.807) is 24.7 Å². The second-order valence-electron chi connectivity index (χ2n) is 5.53. The molecule has 0 fully saturated rings. The molecule has 2 heterocycles. The van der Waals surface area contributed by atoms with Crippen molar-refractivity contribution in [2.24, 2.45) is 0 Å². The molecule has 0 radical (unpaired) electrons. The molecule has 0 saturated heterocycles. The van der Waals surface area contributed by atoms with Crippen LogP contribution in [0.15, 0.2) is 53.5 Å². The molecule has 3 rings (SSSR count). The molecule has 0 spiro atoms. The fourth-order valence-electron chi connectivity index (χ4n) is 2.32. The van der Waals surface area contributed by atoms with Crippen LogP contribution in [0.4, 0.5) is 18.9 Å². The Labute approximate surface area is 154 Å². The van der Waals surface area contributed by atoms with E-state index in [9.17, 15) is 18.0 Å². The van der Waals surface area contributed by atoms with Crippen LogP contribution in [0.3, 0.4) is 0 Å². The molecule has 0 aliphatic carbocycles. The van der Waals surface area contributed by atoms with Gasteiger partial charge in [-0.05, 0) is 33.6 Å². The maximum absolute atomic E-state index is 12.8. The molecule has 10 heteroatoms. The van der Waals surface area contributed by atoms with Crippen LogP contribution in [0.2, 0.25) is 0 Å². The topological polar surface area (TPSA) is 64.7 Å². The predicted molar refractivity (Wildman–Crippen MR) is 91.3 cm³/mol. The van der Waals surface area contributed by atoms with Gasteiger partial charge in [0.2, 0.25) is 5.91 Å². The Hall–Kier alpha value is -2.62. The van der Waals surface area contributed by atoms with E-state index in [0.29, 0.717) is 11.3 Å². The number of amides is 1. The van der Waals surface area contributed by atoms with Crippen molar-refractivity contribution < 1.29 is 18.0 Å². The number of alkyl halides is 3. The number of nitrogens with zero attached hydrogens (tertiary/aromatic N) is 4. The third kappa shape index (κ3) is 4.72. The Balaban J connectivity index is 1.62. The van der Waals surface area contributed by atoms with E-state index in [1.807, 2.05) is 0 Å². The Kier molecular flexibility index (Phi) is 5.12. The first-order chi connectivity index (χ1) is 12.3. The van der Waals surface area contributed by atoms with Crippen molar-refractivity contribution in [3.8, 4) is 0 Å². The number of carbonyl (C=O) groups is 1. The van der Waals surface area contributed by atoms with Crippen LogP contribution in [-0.2, 0) is 24.1 Å². The van der Waals surface area contributed by atoms with E-state index in [4.69, 9.17) is 0 Å². The molecule has 6 nitrogen and oxygen atoms in total. The fourth-order valence-corrected chi connectivity index (χ4v) is 2.65. The molecule has 0 atom stereocenters. The van der Waals surface area contributed by atoms with Gasteiger partial charge in [0.15, 0.2) is 0 Å². The zero-order chi connectivity index (χ0) is 18.7. The number of halogens is 4. The third-order valence-corrected chi connectivity index (χ3v) is 3.83. The molecular weight excluding hydrogens is 415 g/mol. The number of carbonyl (C=O) groups excluding carboxylic acids is 1. The minimum Gasteiger partial charge on any atom is -0.322 e. The molecule has 26 heavy (non-hydrogen) atoms. The molecule has 3 aromatic rings. The smallest absolute Gasteiger partial charge is 0.322 e. The van der Waals surface area contributed by atoms with Crippen molar-refractivity contribution in [3.05, 3.63) is 64.7 Å². The highest BCUT2D eigenvalue weighted by Crippen LogP contribution is 2.29. The highest BCUT2D eigenvalue weighted by molar-refractivity contribution is 9.10. The van der Waals surface area contributed by atoms with Gasteiger partial charge in [0.1, 0.15) is 6.54 Å².